The fourth-order valence-corrected chi connectivity index (χ4v) is 2.06. The SMILES string of the molecule is CCN(CC)c1ccnc2ccc(C=O)cc12. The van der Waals surface area contributed by atoms with Crippen LogP contribution in [0.3, 0.4) is 0 Å². The van der Waals surface area contributed by atoms with Crippen LogP contribution in [0.2, 0.25) is 0 Å². The highest BCUT2D eigenvalue weighted by molar-refractivity contribution is 5.95. The monoisotopic (exact) mass is 228 g/mol. The summed E-state index contributed by atoms with van der Waals surface area (Å²) in [4.78, 5) is 17.4. The Hall–Kier alpha value is -1.90. The molecule has 0 bridgehead atoms. The first kappa shape index (κ1) is 11.6. The third kappa shape index (κ3) is 2.13. The number of pyridine rings is 1. The molecule has 0 atom stereocenters. The van der Waals surface area contributed by atoms with E-state index in [1.54, 1.807) is 6.07 Å². The summed E-state index contributed by atoms with van der Waals surface area (Å²) < 4.78 is 0. The smallest absolute Gasteiger partial charge is 0.150 e. The largest absolute Gasteiger partial charge is 0.371 e. The molecule has 0 aliphatic heterocycles. The van der Waals surface area contributed by atoms with Crippen LogP contribution in [0.25, 0.3) is 10.9 Å². The van der Waals surface area contributed by atoms with Gasteiger partial charge in [-0.3, -0.25) is 9.78 Å². The van der Waals surface area contributed by atoms with Crippen molar-refractivity contribution in [3.8, 4) is 0 Å². The number of anilines is 1. The molecule has 0 spiro atoms. The van der Waals surface area contributed by atoms with Crippen LogP contribution in [0.1, 0.15) is 24.2 Å². The van der Waals surface area contributed by atoms with Gasteiger partial charge in [-0.1, -0.05) is 0 Å². The van der Waals surface area contributed by atoms with Gasteiger partial charge in [-0.15, -0.1) is 0 Å². The second kappa shape index (κ2) is 4.95. The van der Waals surface area contributed by atoms with Gasteiger partial charge in [0.15, 0.2) is 0 Å². The van der Waals surface area contributed by atoms with E-state index < -0.39 is 0 Å². The summed E-state index contributed by atoms with van der Waals surface area (Å²) in [5, 5.41) is 1.04. The Bertz CT molecular complexity index is 533. The van der Waals surface area contributed by atoms with Crippen LogP contribution in [-0.4, -0.2) is 24.4 Å². The van der Waals surface area contributed by atoms with Crippen LogP contribution in [0.5, 0.6) is 0 Å². The van der Waals surface area contributed by atoms with E-state index >= 15 is 0 Å². The van der Waals surface area contributed by atoms with Crippen molar-refractivity contribution >= 4 is 22.9 Å². The number of nitrogens with zero attached hydrogens (tertiary/aromatic N) is 2. The average molecular weight is 228 g/mol. The standard InChI is InChI=1S/C14H16N2O/c1-3-16(4-2)14-7-8-15-13-6-5-11(10-17)9-12(13)14/h5-10H,3-4H2,1-2H3. The molecule has 0 radical (unpaired) electrons. The maximum atomic E-state index is 10.8. The Kier molecular flexibility index (Phi) is 3.38. The van der Waals surface area contributed by atoms with Gasteiger partial charge in [0.05, 0.1) is 5.52 Å². The van der Waals surface area contributed by atoms with Crippen molar-refractivity contribution in [2.75, 3.05) is 18.0 Å². The molecule has 88 valence electrons. The van der Waals surface area contributed by atoms with Crippen molar-refractivity contribution < 1.29 is 4.79 Å². The van der Waals surface area contributed by atoms with Gasteiger partial charge >= 0.3 is 0 Å². The Labute approximate surface area is 101 Å². The van der Waals surface area contributed by atoms with Gasteiger partial charge in [-0.2, -0.15) is 0 Å². The zero-order valence-corrected chi connectivity index (χ0v) is 10.2. The zero-order chi connectivity index (χ0) is 12.3. The minimum atomic E-state index is 0.693. The van der Waals surface area contributed by atoms with Crippen LogP contribution in [-0.2, 0) is 0 Å². The lowest BCUT2D eigenvalue weighted by Crippen LogP contribution is -2.22. The topological polar surface area (TPSA) is 33.2 Å². The number of aldehydes is 1. The van der Waals surface area contributed by atoms with Gasteiger partial charge in [-0.25, -0.2) is 0 Å². The Balaban J connectivity index is 2.65. The maximum Gasteiger partial charge on any atom is 0.150 e. The van der Waals surface area contributed by atoms with Crippen LogP contribution in [0, 0.1) is 0 Å². The number of aromatic nitrogens is 1. The molecule has 0 amide bonds. The fourth-order valence-electron chi connectivity index (χ4n) is 2.06. The van der Waals surface area contributed by atoms with Gasteiger partial charge in [-0.05, 0) is 38.1 Å². The predicted octanol–water partition coefficient (Wildman–Crippen LogP) is 2.89. The molecule has 0 aliphatic rings. The van der Waals surface area contributed by atoms with E-state index in [2.05, 4.69) is 23.7 Å². The molecule has 0 saturated heterocycles. The van der Waals surface area contributed by atoms with Gasteiger partial charge < -0.3 is 4.90 Å². The van der Waals surface area contributed by atoms with Gasteiger partial charge in [0.1, 0.15) is 6.29 Å². The molecule has 17 heavy (non-hydrogen) atoms. The molecule has 0 aliphatic carbocycles. The van der Waals surface area contributed by atoms with Crippen LogP contribution in [0.4, 0.5) is 5.69 Å². The summed E-state index contributed by atoms with van der Waals surface area (Å²) in [7, 11) is 0. The lowest BCUT2D eigenvalue weighted by Gasteiger charge is -2.22. The van der Waals surface area contributed by atoms with E-state index in [9.17, 15) is 4.79 Å². The summed E-state index contributed by atoms with van der Waals surface area (Å²) in [5.74, 6) is 0. The first-order chi connectivity index (χ1) is 8.30. The Morgan fingerprint density at radius 2 is 2.00 bits per heavy atom. The van der Waals surface area contributed by atoms with E-state index in [1.807, 2.05) is 24.4 Å². The van der Waals surface area contributed by atoms with Crippen molar-refractivity contribution in [3.05, 3.63) is 36.0 Å². The molecule has 1 heterocycles. The van der Waals surface area contributed by atoms with E-state index in [0.29, 0.717) is 5.56 Å². The second-order valence-electron chi connectivity index (χ2n) is 3.90. The molecule has 0 N–H and O–H groups in total. The molecular weight excluding hydrogens is 212 g/mol. The summed E-state index contributed by atoms with van der Waals surface area (Å²) in [5.41, 5.74) is 2.77. The number of carbonyl (C=O) groups is 1. The number of rotatable bonds is 4. The van der Waals surface area contributed by atoms with Crippen molar-refractivity contribution in [1.29, 1.82) is 0 Å². The highest BCUT2D eigenvalue weighted by Crippen LogP contribution is 2.25. The van der Waals surface area contributed by atoms with Crippen molar-refractivity contribution in [1.82, 2.24) is 4.98 Å². The molecule has 2 aromatic rings. The van der Waals surface area contributed by atoms with Crippen LogP contribution < -0.4 is 4.90 Å². The van der Waals surface area contributed by atoms with Crippen molar-refractivity contribution in [3.63, 3.8) is 0 Å². The normalized spacial score (nSPS) is 10.5. The highest BCUT2D eigenvalue weighted by Gasteiger charge is 2.07. The summed E-state index contributed by atoms with van der Waals surface area (Å²) in [6, 6.07) is 7.60. The van der Waals surface area contributed by atoms with Crippen LogP contribution >= 0.6 is 0 Å². The minimum absolute atomic E-state index is 0.693. The first-order valence-electron chi connectivity index (χ1n) is 5.89. The second-order valence-corrected chi connectivity index (χ2v) is 3.90. The molecule has 0 saturated carbocycles. The molecule has 1 aromatic heterocycles. The van der Waals surface area contributed by atoms with E-state index in [0.717, 1.165) is 36.0 Å². The first-order valence-corrected chi connectivity index (χ1v) is 5.89. The zero-order valence-electron chi connectivity index (χ0n) is 10.2. The number of fused-ring (bicyclic) bond motifs is 1. The predicted molar refractivity (Wildman–Crippen MR) is 70.7 cm³/mol. The van der Waals surface area contributed by atoms with Gasteiger partial charge in [0, 0.05) is 35.9 Å². The molecule has 0 fully saturated rings. The molecule has 3 nitrogen and oxygen atoms in total. The number of hydrogen-bond donors (Lipinski definition) is 0. The summed E-state index contributed by atoms with van der Waals surface area (Å²) in [6.45, 7) is 6.14. The molecule has 1 aromatic carbocycles. The number of benzene rings is 1. The lowest BCUT2D eigenvalue weighted by molar-refractivity contribution is 0.112. The lowest BCUT2D eigenvalue weighted by atomic mass is 10.1. The Morgan fingerprint density at radius 3 is 2.65 bits per heavy atom. The highest BCUT2D eigenvalue weighted by atomic mass is 16.1. The molecular formula is C14H16N2O. The minimum Gasteiger partial charge on any atom is -0.371 e. The third-order valence-corrected chi connectivity index (χ3v) is 2.98. The van der Waals surface area contributed by atoms with Crippen LogP contribution in [0.15, 0.2) is 30.5 Å². The van der Waals surface area contributed by atoms with Crippen molar-refractivity contribution in [2.24, 2.45) is 0 Å². The van der Waals surface area contributed by atoms with E-state index in [4.69, 9.17) is 0 Å². The summed E-state index contributed by atoms with van der Waals surface area (Å²) >= 11 is 0. The summed E-state index contributed by atoms with van der Waals surface area (Å²) in [6.07, 6.45) is 2.69. The molecule has 3 heteroatoms. The van der Waals surface area contributed by atoms with Gasteiger partial charge in [0.2, 0.25) is 0 Å². The quantitative estimate of drug-likeness (QED) is 0.754. The molecule has 2 rings (SSSR count). The number of carbonyl (C=O) groups excluding carboxylic acids is 1. The van der Waals surface area contributed by atoms with E-state index in [-0.39, 0.29) is 0 Å². The molecule has 0 unspecified atom stereocenters. The van der Waals surface area contributed by atoms with E-state index in [1.165, 1.54) is 0 Å². The average Bonchev–Trinajstić information content (AvgIpc) is 2.40. The van der Waals surface area contributed by atoms with Crippen molar-refractivity contribution in [2.45, 2.75) is 13.8 Å². The fraction of sp³-hybridized carbons (Fsp3) is 0.286. The Morgan fingerprint density at radius 1 is 1.24 bits per heavy atom. The maximum absolute atomic E-state index is 10.8. The number of hydrogen-bond acceptors (Lipinski definition) is 3. The van der Waals surface area contributed by atoms with Gasteiger partial charge in [0.25, 0.3) is 0 Å². The third-order valence-electron chi connectivity index (χ3n) is 2.98.